The zero-order valence-electron chi connectivity index (χ0n) is 12.1. The lowest BCUT2D eigenvalue weighted by atomic mass is 9.93. The van der Waals surface area contributed by atoms with E-state index in [2.05, 4.69) is 41.4 Å². The van der Waals surface area contributed by atoms with E-state index in [1.54, 1.807) is 0 Å². The van der Waals surface area contributed by atoms with E-state index in [1.807, 2.05) is 24.3 Å². The normalized spacial score (nSPS) is 21.7. The van der Waals surface area contributed by atoms with Crippen molar-refractivity contribution in [2.45, 2.75) is 18.9 Å². The third kappa shape index (κ3) is 3.14. The van der Waals surface area contributed by atoms with Gasteiger partial charge in [0.05, 0.1) is 17.4 Å². The van der Waals surface area contributed by atoms with E-state index in [0.29, 0.717) is 10.7 Å². The van der Waals surface area contributed by atoms with Crippen LogP contribution in [0.1, 0.15) is 12.5 Å². The first-order valence-electron chi connectivity index (χ1n) is 7.15. The molecule has 1 saturated heterocycles. The van der Waals surface area contributed by atoms with Crippen LogP contribution in [0.15, 0.2) is 48.5 Å². The molecular formula is C17H20ClN3. The van der Waals surface area contributed by atoms with Gasteiger partial charge in [0.15, 0.2) is 0 Å². The van der Waals surface area contributed by atoms with Gasteiger partial charge in [-0.25, -0.2) is 0 Å². The molecule has 1 heterocycles. The molecule has 0 unspecified atom stereocenters. The molecule has 3 nitrogen and oxygen atoms in total. The summed E-state index contributed by atoms with van der Waals surface area (Å²) in [5.41, 5.74) is 8.89. The third-order valence-electron chi connectivity index (χ3n) is 3.99. The van der Waals surface area contributed by atoms with Crippen LogP contribution in [0, 0.1) is 0 Å². The Morgan fingerprint density at radius 3 is 2.71 bits per heavy atom. The molecule has 0 bridgehead atoms. The summed E-state index contributed by atoms with van der Waals surface area (Å²) >= 11 is 6.31. The first-order chi connectivity index (χ1) is 10.1. The Morgan fingerprint density at radius 1 is 1.24 bits per heavy atom. The number of halogens is 1. The smallest absolute Gasteiger partial charge is 0.0688 e. The summed E-state index contributed by atoms with van der Waals surface area (Å²) in [5, 5.41) is 4.32. The number of nitrogens with two attached hydrogens (primary N) is 1. The van der Waals surface area contributed by atoms with Gasteiger partial charge in [0.25, 0.3) is 0 Å². The van der Waals surface area contributed by atoms with Gasteiger partial charge in [-0.3, -0.25) is 5.32 Å². The molecule has 1 aliphatic heterocycles. The number of rotatable bonds is 3. The van der Waals surface area contributed by atoms with Gasteiger partial charge >= 0.3 is 0 Å². The summed E-state index contributed by atoms with van der Waals surface area (Å²) < 4.78 is 0. The Hall–Kier alpha value is -1.71. The van der Waals surface area contributed by atoms with Gasteiger partial charge in [-0.05, 0) is 37.1 Å². The van der Waals surface area contributed by atoms with Gasteiger partial charge < -0.3 is 10.6 Å². The third-order valence-corrected chi connectivity index (χ3v) is 4.29. The van der Waals surface area contributed by atoms with Gasteiger partial charge in [0.1, 0.15) is 0 Å². The molecular weight excluding hydrogens is 282 g/mol. The second kappa shape index (κ2) is 5.58. The standard InChI is InChI=1S/C17H20ClN3/c1-17(10-13-5-3-2-4-6-13)11-21(12-20-17)16-8-7-14(19)9-15(16)18/h2-9,20H,10-12,19H2,1H3/t17-/m0/s1. The number of anilines is 2. The molecule has 0 amide bonds. The molecule has 0 spiro atoms. The minimum atomic E-state index is 0.0477. The largest absolute Gasteiger partial charge is 0.399 e. The Balaban J connectivity index is 1.75. The highest BCUT2D eigenvalue weighted by atomic mass is 35.5. The summed E-state index contributed by atoms with van der Waals surface area (Å²) in [7, 11) is 0. The topological polar surface area (TPSA) is 41.3 Å². The fourth-order valence-corrected chi connectivity index (χ4v) is 3.24. The summed E-state index contributed by atoms with van der Waals surface area (Å²) in [4.78, 5) is 2.27. The number of hydrogen-bond acceptors (Lipinski definition) is 3. The highest BCUT2D eigenvalue weighted by Gasteiger charge is 2.33. The quantitative estimate of drug-likeness (QED) is 0.855. The van der Waals surface area contributed by atoms with Crippen LogP contribution in [0.3, 0.4) is 0 Å². The SMILES string of the molecule is C[C@]1(Cc2ccccc2)CN(c2ccc(N)cc2Cl)CN1. The maximum absolute atomic E-state index is 6.31. The van der Waals surface area contributed by atoms with Crippen molar-refractivity contribution in [2.75, 3.05) is 23.8 Å². The van der Waals surface area contributed by atoms with Crippen molar-refractivity contribution in [3.8, 4) is 0 Å². The Morgan fingerprint density at radius 2 is 2.00 bits per heavy atom. The summed E-state index contributed by atoms with van der Waals surface area (Å²) in [5.74, 6) is 0. The molecule has 2 aromatic rings. The van der Waals surface area contributed by atoms with E-state index >= 15 is 0 Å². The van der Waals surface area contributed by atoms with E-state index in [1.165, 1.54) is 5.56 Å². The molecule has 0 saturated carbocycles. The average Bonchev–Trinajstić information content (AvgIpc) is 2.82. The van der Waals surface area contributed by atoms with E-state index < -0.39 is 0 Å². The second-order valence-corrected chi connectivity index (χ2v) is 6.37. The van der Waals surface area contributed by atoms with Crippen LogP contribution in [0.25, 0.3) is 0 Å². The van der Waals surface area contributed by atoms with Gasteiger partial charge in [0.2, 0.25) is 0 Å². The molecule has 1 atom stereocenters. The molecule has 3 rings (SSSR count). The van der Waals surface area contributed by atoms with Crippen LogP contribution in [-0.4, -0.2) is 18.8 Å². The van der Waals surface area contributed by atoms with Crippen LogP contribution in [-0.2, 0) is 6.42 Å². The van der Waals surface area contributed by atoms with Crippen LogP contribution in [0.4, 0.5) is 11.4 Å². The van der Waals surface area contributed by atoms with Crippen molar-refractivity contribution in [3.05, 3.63) is 59.1 Å². The molecule has 3 N–H and O–H groups in total. The van der Waals surface area contributed by atoms with Crippen LogP contribution in [0.2, 0.25) is 5.02 Å². The minimum Gasteiger partial charge on any atom is -0.399 e. The molecule has 4 heteroatoms. The summed E-state index contributed by atoms with van der Waals surface area (Å²) in [6, 6.07) is 16.3. The van der Waals surface area contributed by atoms with Crippen molar-refractivity contribution >= 4 is 23.0 Å². The zero-order chi connectivity index (χ0) is 14.9. The van der Waals surface area contributed by atoms with E-state index in [-0.39, 0.29) is 5.54 Å². The lowest BCUT2D eigenvalue weighted by molar-refractivity contribution is 0.438. The molecule has 0 radical (unpaired) electrons. The molecule has 2 aromatic carbocycles. The predicted molar refractivity (Wildman–Crippen MR) is 89.8 cm³/mol. The van der Waals surface area contributed by atoms with Crippen LogP contribution in [0.5, 0.6) is 0 Å². The average molecular weight is 302 g/mol. The first kappa shape index (κ1) is 14.2. The first-order valence-corrected chi connectivity index (χ1v) is 7.52. The Labute approximate surface area is 130 Å². The van der Waals surface area contributed by atoms with Gasteiger partial charge in [0, 0.05) is 17.8 Å². The summed E-state index contributed by atoms with van der Waals surface area (Å²) in [6.45, 7) is 3.98. The molecule has 1 aliphatic rings. The Bertz CT molecular complexity index is 629. The number of hydrogen-bond donors (Lipinski definition) is 2. The van der Waals surface area contributed by atoms with Gasteiger partial charge in [-0.2, -0.15) is 0 Å². The molecule has 0 aromatic heterocycles. The molecule has 110 valence electrons. The second-order valence-electron chi connectivity index (χ2n) is 5.97. The predicted octanol–water partition coefficient (Wildman–Crippen LogP) is 3.29. The fourth-order valence-electron chi connectivity index (χ4n) is 2.93. The van der Waals surface area contributed by atoms with E-state index in [9.17, 15) is 0 Å². The number of benzene rings is 2. The summed E-state index contributed by atoms with van der Waals surface area (Å²) in [6.07, 6.45) is 0.997. The highest BCUT2D eigenvalue weighted by Crippen LogP contribution is 2.31. The van der Waals surface area contributed by atoms with Crippen molar-refractivity contribution in [3.63, 3.8) is 0 Å². The van der Waals surface area contributed by atoms with Crippen LogP contribution >= 0.6 is 11.6 Å². The minimum absolute atomic E-state index is 0.0477. The maximum atomic E-state index is 6.31. The highest BCUT2D eigenvalue weighted by molar-refractivity contribution is 6.33. The lowest BCUT2D eigenvalue weighted by Gasteiger charge is -2.25. The van der Waals surface area contributed by atoms with Crippen molar-refractivity contribution in [2.24, 2.45) is 0 Å². The van der Waals surface area contributed by atoms with Crippen LogP contribution < -0.4 is 16.0 Å². The maximum Gasteiger partial charge on any atom is 0.0688 e. The van der Waals surface area contributed by atoms with E-state index in [0.717, 1.165) is 25.3 Å². The van der Waals surface area contributed by atoms with Gasteiger partial charge in [-0.1, -0.05) is 41.9 Å². The lowest BCUT2D eigenvalue weighted by Crippen LogP contribution is -2.41. The molecule has 21 heavy (non-hydrogen) atoms. The number of nitrogens with zero attached hydrogens (tertiary/aromatic N) is 1. The van der Waals surface area contributed by atoms with Crippen molar-refractivity contribution < 1.29 is 0 Å². The van der Waals surface area contributed by atoms with Crippen molar-refractivity contribution in [1.82, 2.24) is 5.32 Å². The monoisotopic (exact) mass is 301 g/mol. The van der Waals surface area contributed by atoms with E-state index in [4.69, 9.17) is 17.3 Å². The van der Waals surface area contributed by atoms with Crippen molar-refractivity contribution in [1.29, 1.82) is 0 Å². The fraction of sp³-hybridized carbons (Fsp3) is 0.294. The Kier molecular flexibility index (Phi) is 3.79. The molecule has 0 aliphatic carbocycles. The molecule has 1 fully saturated rings. The zero-order valence-corrected chi connectivity index (χ0v) is 12.9. The number of nitrogen functional groups attached to an aromatic ring is 1. The number of nitrogens with one attached hydrogen (secondary N) is 1. The van der Waals surface area contributed by atoms with Gasteiger partial charge in [-0.15, -0.1) is 0 Å².